The number of hydrogen-bond acceptors (Lipinski definition) is 4. The first kappa shape index (κ1) is 19.0. The molecule has 3 rings (SSSR count). The van der Waals surface area contributed by atoms with Crippen LogP contribution in [0.5, 0.6) is 5.75 Å². The third-order valence-corrected chi connectivity index (χ3v) is 4.11. The normalized spacial score (nSPS) is 10.9. The number of carbonyl (C=O) groups is 1. The molecule has 6 heteroatoms. The van der Waals surface area contributed by atoms with E-state index in [1.165, 1.54) is 0 Å². The summed E-state index contributed by atoms with van der Waals surface area (Å²) in [5.41, 5.74) is 1.78. The molecule has 1 amide bonds. The predicted molar refractivity (Wildman–Crippen MR) is 105 cm³/mol. The molecule has 1 aromatic heterocycles. The van der Waals surface area contributed by atoms with Gasteiger partial charge < -0.3 is 19.6 Å². The van der Waals surface area contributed by atoms with Gasteiger partial charge in [-0.3, -0.25) is 4.79 Å². The maximum atomic E-state index is 12.4. The summed E-state index contributed by atoms with van der Waals surface area (Å²) in [7, 11) is 0. The predicted octanol–water partition coefficient (Wildman–Crippen LogP) is 5.13. The highest BCUT2D eigenvalue weighted by molar-refractivity contribution is 6.33. The minimum atomic E-state index is -0.240. The van der Waals surface area contributed by atoms with Crippen LogP contribution in [0.4, 0.5) is 5.69 Å². The highest BCUT2D eigenvalue weighted by atomic mass is 35.5. The number of nitrogens with one attached hydrogen (secondary N) is 1. The number of anilines is 1. The van der Waals surface area contributed by atoms with Crippen molar-refractivity contribution in [3.8, 4) is 17.1 Å². The van der Waals surface area contributed by atoms with Crippen LogP contribution >= 0.6 is 11.6 Å². The van der Waals surface area contributed by atoms with Crippen molar-refractivity contribution in [3.05, 3.63) is 70.9 Å². The van der Waals surface area contributed by atoms with E-state index in [-0.39, 0.29) is 18.6 Å². The summed E-state index contributed by atoms with van der Waals surface area (Å²) < 4.78 is 11.1. The fourth-order valence-corrected chi connectivity index (χ4v) is 2.83. The summed E-state index contributed by atoms with van der Waals surface area (Å²) in [6.07, 6.45) is 0.0768. The van der Waals surface area contributed by atoms with E-state index < -0.39 is 0 Å². The lowest BCUT2D eigenvalue weighted by atomic mass is 10.1. The Labute approximate surface area is 162 Å². The largest absolute Gasteiger partial charge is 0.491 e. The number of benzene rings is 2. The second-order valence-corrected chi connectivity index (χ2v) is 6.67. The van der Waals surface area contributed by atoms with Crippen molar-refractivity contribution in [2.75, 3.05) is 5.32 Å². The Hall–Kier alpha value is -2.76. The number of ether oxygens (including phenoxy) is 1. The molecule has 140 valence electrons. The molecule has 0 aliphatic rings. The zero-order valence-electron chi connectivity index (χ0n) is 15.0. The quantitative estimate of drug-likeness (QED) is 0.616. The van der Waals surface area contributed by atoms with E-state index in [0.717, 1.165) is 5.75 Å². The van der Waals surface area contributed by atoms with Gasteiger partial charge in [0.15, 0.2) is 0 Å². The maximum absolute atomic E-state index is 12.4. The standard InChI is InChI=1S/C21H20ClNO4/c1-13(2)26-16-6-3-14(4-7-16)21(25)23-15-5-9-18(19(22)11-15)20-10-8-17(12-24)27-20/h3-11,13,24H,12H2,1-2H3,(H,23,25). The monoisotopic (exact) mass is 385 g/mol. The van der Waals surface area contributed by atoms with Gasteiger partial charge in [-0.05, 0) is 68.4 Å². The Morgan fingerprint density at radius 1 is 1.15 bits per heavy atom. The average Bonchev–Trinajstić information content (AvgIpc) is 3.11. The van der Waals surface area contributed by atoms with Gasteiger partial charge in [0.2, 0.25) is 0 Å². The SMILES string of the molecule is CC(C)Oc1ccc(C(=O)Nc2ccc(-c3ccc(CO)o3)c(Cl)c2)cc1. The number of furan rings is 1. The summed E-state index contributed by atoms with van der Waals surface area (Å²) in [6.45, 7) is 3.72. The van der Waals surface area contributed by atoms with Crippen LogP contribution in [-0.4, -0.2) is 17.1 Å². The molecule has 0 saturated carbocycles. The highest BCUT2D eigenvalue weighted by Crippen LogP contribution is 2.31. The number of halogens is 1. The Morgan fingerprint density at radius 2 is 1.89 bits per heavy atom. The van der Waals surface area contributed by atoms with Gasteiger partial charge in [0.05, 0.1) is 11.1 Å². The van der Waals surface area contributed by atoms with Crippen LogP contribution < -0.4 is 10.1 Å². The molecular weight excluding hydrogens is 366 g/mol. The van der Waals surface area contributed by atoms with Gasteiger partial charge in [0, 0.05) is 16.8 Å². The van der Waals surface area contributed by atoms with Crippen LogP contribution in [0.2, 0.25) is 5.02 Å². The molecule has 0 radical (unpaired) electrons. The molecule has 0 spiro atoms. The van der Waals surface area contributed by atoms with Crippen molar-refractivity contribution in [2.45, 2.75) is 26.6 Å². The van der Waals surface area contributed by atoms with Crippen molar-refractivity contribution < 1.29 is 19.1 Å². The van der Waals surface area contributed by atoms with Crippen LogP contribution in [0.1, 0.15) is 30.0 Å². The van der Waals surface area contributed by atoms with E-state index in [9.17, 15) is 4.79 Å². The molecule has 3 aromatic rings. The van der Waals surface area contributed by atoms with Crippen LogP contribution in [0.15, 0.2) is 59.0 Å². The molecule has 0 bridgehead atoms. The fourth-order valence-electron chi connectivity index (χ4n) is 2.56. The summed E-state index contributed by atoms with van der Waals surface area (Å²) in [5.74, 6) is 1.50. The Bertz CT molecular complexity index is 932. The minimum Gasteiger partial charge on any atom is -0.491 e. The van der Waals surface area contributed by atoms with Gasteiger partial charge in [0.1, 0.15) is 23.9 Å². The molecule has 2 aromatic carbocycles. The summed E-state index contributed by atoms with van der Waals surface area (Å²) in [6, 6.07) is 15.5. The third kappa shape index (κ3) is 4.70. The van der Waals surface area contributed by atoms with E-state index in [1.54, 1.807) is 54.6 Å². The van der Waals surface area contributed by atoms with Gasteiger partial charge in [-0.1, -0.05) is 11.6 Å². The third-order valence-electron chi connectivity index (χ3n) is 3.80. The highest BCUT2D eigenvalue weighted by Gasteiger charge is 2.12. The topological polar surface area (TPSA) is 71.7 Å². The maximum Gasteiger partial charge on any atom is 0.255 e. The van der Waals surface area contributed by atoms with Gasteiger partial charge >= 0.3 is 0 Å². The molecule has 2 N–H and O–H groups in total. The smallest absolute Gasteiger partial charge is 0.255 e. The molecular formula is C21H20ClNO4. The van der Waals surface area contributed by atoms with Gasteiger partial charge in [-0.2, -0.15) is 0 Å². The second-order valence-electron chi connectivity index (χ2n) is 6.26. The molecule has 0 saturated heterocycles. The molecule has 1 heterocycles. The number of amides is 1. The first-order chi connectivity index (χ1) is 13.0. The van der Waals surface area contributed by atoms with E-state index in [2.05, 4.69) is 5.32 Å². The van der Waals surface area contributed by atoms with Crippen molar-refractivity contribution in [2.24, 2.45) is 0 Å². The second kappa shape index (κ2) is 8.29. The van der Waals surface area contributed by atoms with Crippen molar-refractivity contribution in [3.63, 3.8) is 0 Å². The van der Waals surface area contributed by atoms with Crippen LogP contribution in [-0.2, 0) is 6.61 Å². The Balaban J connectivity index is 1.71. The van der Waals surface area contributed by atoms with Crippen LogP contribution in [0, 0.1) is 0 Å². The van der Waals surface area contributed by atoms with E-state index >= 15 is 0 Å². The zero-order chi connectivity index (χ0) is 19.4. The van der Waals surface area contributed by atoms with Crippen molar-refractivity contribution in [1.82, 2.24) is 0 Å². The number of aliphatic hydroxyl groups is 1. The van der Waals surface area contributed by atoms with E-state index in [4.69, 9.17) is 25.9 Å². The molecule has 5 nitrogen and oxygen atoms in total. The molecule has 0 unspecified atom stereocenters. The lowest BCUT2D eigenvalue weighted by Crippen LogP contribution is -2.12. The molecule has 0 atom stereocenters. The lowest BCUT2D eigenvalue weighted by Gasteiger charge is -2.11. The summed E-state index contributed by atoms with van der Waals surface area (Å²) >= 11 is 6.32. The average molecular weight is 386 g/mol. The Morgan fingerprint density at radius 3 is 2.48 bits per heavy atom. The minimum absolute atomic E-state index is 0.0768. The fraction of sp³-hybridized carbons (Fsp3) is 0.190. The first-order valence-corrected chi connectivity index (χ1v) is 8.91. The molecule has 27 heavy (non-hydrogen) atoms. The number of carbonyl (C=O) groups excluding carboxylic acids is 1. The lowest BCUT2D eigenvalue weighted by molar-refractivity contribution is 0.102. The molecule has 0 aliphatic heterocycles. The summed E-state index contributed by atoms with van der Waals surface area (Å²) in [4.78, 5) is 12.4. The van der Waals surface area contributed by atoms with Crippen LogP contribution in [0.3, 0.4) is 0 Å². The van der Waals surface area contributed by atoms with Crippen molar-refractivity contribution in [1.29, 1.82) is 0 Å². The van der Waals surface area contributed by atoms with Crippen molar-refractivity contribution >= 4 is 23.2 Å². The number of rotatable bonds is 6. The summed E-state index contributed by atoms with van der Waals surface area (Å²) in [5, 5.41) is 12.4. The first-order valence-electron chi connectivity index (χ1n) is 8.54. The Kier molecular flexibility index (Phi) is 5.84. The van der Waals surface area contributed by atoms with Crippen LogP contribution in [0.25, 0.3) is 11.3 Å². The van der Waals surface area contributed by atoms with Gasteiger partial charge in [-0.15, -0.1) is 0 Å². The van der Waals surface area contributed by atoms with E-state index in [0.29, 0.717) is 33.4 Å². The zero-order valence-corrected chi connectivity index (χ0v) is 15.8. The number of hydrogen-bond donors (Lipinski definition) is 2. The van der Waals surface area contributed by atoms with Gasteiger partial charge in [-0.25, -0.2) is 0 Å². The molecule has 0 aliphatic carbocycles. The van der Waals surface area contributed by atoms with Gasteiger partial charge in [0.25, 0.3) is 5.91 Å². The number of aliphatic hydroxyl groups excluding tert-OH is 1. The van der Waals surface area contributed by atoms with E-state index in [1.807, 2.05) is 13.8 Å². The molecule has 0 fully saturated rings.